The minimum Gasteiger partial charge on any atom is -0.443 e. The second-order valence-corrected chi connectivity index (χ2v) is 5.29. The molecule has 1 aromatic heterocycles. The van der Waals surface area contributed by atoms with Crippen molar-refractivity contribution in [1.29, 1.82) is 0 Å². The average molecular weight is 280 g/mol. The van der Waals surface area contributed by atoms with Crippen molar-refractivity contribution in [2.24, 2.45) is 0 Å². The number of halogens is 1. The highest BCUT2D eigenvalue weighted by Gasteiger charge is 2.22. The zero-order valence-electron chi connectivity index (χ0n) is 11.2. The molecule has 0 amide bonds. The van der Waals surface area contributed by atoms with Crippen LogP contribution in [0.25, 0.3) is 10.9 Å². The molecule has 0 saturated carbocycles. The molecule has 0 aliphatic heterocycles. The van der Waals surface area contributed by atoms with Crippen LogP contribution in [-0.2, 0) is 4.74 Å². The number of nitrogens with zero attached hydrogens (tertiary/aromatic N) is 2. The van der Waals surface area contributed by atoms with Gasteiger partial charge in [0, 0.05) is 17.5 Å². The van der Waals surface area contributed by atoms with Crippen molar-refractivity contribution in [1.82, 2.24) is 4.57 Å². The number of benzene rings is 1. The molecule has 0 fully saturated rings. The van der Waals surface area contributed by atoms with Crippen molar-refractivity contribution in [2.45, 2.75) is 26.4 Å². The molecule has 0 atom stereocenters. The molecular weight excluding hydrogens is 267 g/mol. The van der Waals surface area contributed by atoms with E-state index in [2.05, 4.69) is 0 Å². The Labute approximate surface area is 113 Å². The number of non-ortho nitro benzene ring substituents is 1. The number of rotatable bonds is 1. The van der Waals surface area contributed by atoms with E-state index in [1.807, 2.05) is 0 Å². The van der Waals surface area contributed by atoms with Crippen LogP contribution in [0.5, 0.6) is 0 Å². The summed E-state index contributed by atoms with van der Waals surface area (Å²) in [5.74, 6) is -0.638. The van der Waals surface area contributed by atoms with Crippen molar-refractivity contribution in [3.8, 4) is 0 Å². The fourth-order valence-corrected chi connectivity index (χ4v) is 1.75. The summed E-state index contributed by atoms with van der Waals surface area (Å²) < 4.78 is 19.8. The fourth-order valence-electron chi connectivity index (χ4n) is 1.75. The maximum atomic E-state index is 13.7. The van der Waals surface area contributed by atoms with Crippen molar-refractivity contribution >= 4 is 22.7 Å². The van der Waals surface area contributed by atoms with Crippen molar-refractivity contribution in [3.63, 3.8) is 0 Å². The molecule has 2 rings (SSSR count). The van der Waals surface area contributed by atoms with E-state index in [0.717, 1.165) is 16.8 Å². The summed E-state index contributed by atoms with van der Waals surface area (Å²) in [4.78, 5) is 22.1. The molecule has 6 nitrogen and oxygen atoms in total. The van der Waals surface area contributed by atoms with Crippen LogP contribution in [0, 0.1) is 15.9 Å². The lowest BCUT2D eigenvalue weighted by Crippen LogP contribution is -2.26. The van der Waals surface area contributed by atoms with E-state index in [9.17, 15) is 19.3 Å². The number of fused-ring (bicyclic) bond motifs is 1. The van der Waals surface area contributed by atoms with Gasteiger partial charge in [0.1, 0.15) is 11.4 Å². The Morgan fingerprint density at radius 3 is 2.60 bits per heavy atom. The highest BCUT2D eigenvalue weighted by molar-refractivity contribution is 5.91. The van der Waals surface area contributed by atoms with E-state index in [4.69, 9.17) is 4.74 Å². The summed E-state index contributed by atoms with van der Waals surface area (Å²) in [6, 6.07) is 3.59. The number of ether oxygens (including phenoxy) is 1. The molecule has 0 N–H and O–H groups in total. The minimum atomic E-state index is -0.785. The van der Waals surface area contributed by atoms with Crippen LogP contribution in [-0.4, -0.2) is 21.2 Å². The molecule has 0 aliphatic carbocycles. The minimum absolute atomic E-state index is 0.103. The normalized spacial score (nSPS) is 11.6. The molecule has 1 aromatic carbocycles. The van der Waals surface area contributed by atoms with Gasteiger partial charge in [0.05, 0.1) is 16.6 Å². The Bertz CT molecular complexity index is 700. The van der Waals surface area contributed by atoms with Gasteiger partial charge in [0.2, 0.25) is 0 Å². The van der Waals surface area contributed by atoms with E-state index in [1.165, 1.54) is 12.1 Å². The maximum absolute atomic E-state index is 13.7. The molecule has 106 valence electrons. The predicted octanol–water partition coefficient (Wildman–Crippen LogP) is 3.47. The standard InChI is InChI=1S/C13H13FN2O4/c1-13(2,3)20-12(17)15-7-10(14)9-5-4-8(16(18)19)6-11(9)15/h4-7H,1-3H3. The first-order valence-electron chi connectivity index (χ1n) is 5.87. The lowest BCUT2D eigenvalue weighted by Gasteiger charge is -2.19. The fraction of sp³-hybridized carbons (Fsp3) is 0.308. The molecule has 1 heterocycles. The SMILES string of the molecule is CC(C)(C)OC(=O)n1cc(F)c2ccc([N+](=O)[O-])cc21. The van der Waals surface area contributed by atoms with Gasteiger partial charge in [-0.2, -0.15) is 0 Å². The summed E-state index contributed by atoms with van der Waals surface area (Å²) in [6.07, 6.45) is 0.175. The number of nitro groups is 1. The molecule has 0 unspecified atom stereocenters. The molecule has 0 aliphatic rings. The number of hydrogen-bond donors (Lipinski definition) is 0. The van der Waals surface area contributed by atoms with Crippen LogP contribution < -0.4 is 0 Å². The molecule has 0 spiro atoms. The topological polar surface area (TPSA) is 74.4 Å². The summed E-state index contributed by atoms with van der Waals surface area (Å²) >= 11 is 0. The average Bonchev–Trinajstić information content (AvgIpc) is 2.64. The highest BCUT2D eigenvalue weighted by atomic mass is 19.1. The Kier molecular flexibility index (Phi) is 3.21. The highest BCUT2D eigenvalue weighted by Crippen LogP contribution is 2.25. The maximum Gasteiger partial charge on any atom is 0.419 e. The Morgan fingerprint density at radius 2 is 2.05 bits per heavy atom. The third-order valence-corrected chi connectivity index (χ3v) is 2.54. The van der Waals surface area contributed by atoms with Crippen LogP contribution in [0.2, 0.25) is 0 Å². The van der Waals surface area contributed by atoms with Gasteiger partial charge in [-0.3, -0.25) is 10.1 Å². The molecule has 20 heavy (non-hydrogen) atoms. The zero-order valence-corrected chi connectivity index (χ0v) is 11.2. The molecule has 7 heteroatoms. The first kappa shape index (κ1) is 14.0. The van der Waals surface area contributed by atoms with E-state index in [-0.39, 0.29) is 16.6 Å². The predicted molar refractivity (Wildman–Crippen MR) is 70.2 cm³/mol. The van der Waals surface area contributed by atoms with Gasteiger partial charge in [0.25, 0.3) is 5.69 Å². The first-order valence-corrected chi connectivity index (χ1v) is 5.87. The number of carbonyl (C=O) groups is 1. The number of carbonyl (C=O) groups excluding carboxylic acids is 1. The van der Waals surface area contributed by atoms with Crippen LogP contribution in [0.15, 0.2) is 24.4 Å². The lowest BCUT2D eigenvalue weighted by atomic mass is 10.2. The monoisotopic (exact) mass is 280 g/mol. The second kappa shape index (κ2) is 4.59. The van der Waals surface area contributed by atoms with E-state index < -0.39 is 22.4 Å². The summed E-state index contributed by atoms with van der Waals surface area (Å²) in [5.41, 5.74) is -0.864. The van der Waals surface area contributed by atoms with Gasteiger partial charge >= 0.3 is 6.09 Å². The smallest absolute Gasteiger partial charge is 0.419 e. The third kappa shape index (κ3) is 2.61. The Morgan fingerprint density at radius 1 is 1.40 bits per heavy atom. The van der Waals surface area contributed by atoms with Gasteiger partial charge in [-0.15, -0.1) is 0 Å². The van der Waals surface area contributed by atoms with E-state index >= 15 is 0 Å². The summed E-state index contributed by atoms with van der Waals surface area (Å²) in [5, 5.41) is 10.9. The number of aromatic nitrogens is 1. The van der Waals surface area contributed by atoms with Gasteiger partial charge in [-0.1, -0.05) is 0 Å². The molecule has 2 aromatic rings. The Hall–Kier alpha value is -2.44. The van der Waals surface area contributed by atoms with Crippen LogP contribution >= 0.6 is 0 Å². The van der Waals surface area contributed by atoms with Gasteiger partial charge < -0.3 is 4.74 Å². The van der Waals surface area contributed by atoms with Crippen LogP contribution in [0.4, 0.5) is 14.9 Å². The number of hydrogen-bond acceptors (Lipinski definition) is 4. The van der Waals surface area contributed by atoms with Gasteiger partial charge in [-0.05, 0) is 26.8 Å². The first-order chi connectivity index (χ1) is 9.19. The van der Waals surface area contributed by atoms with Crippen molar-refractivity contribution in [2.75, 3.05) is 0 Å². The summed E-state index contributed by atoms with van der Waals surface area (Å²) in [7, 11) is 0. The number of nitro benzene ring substituents is 1. The van der Waals surface area contributed by atoms with Crippen LogP contribution in [0.3, 0.4) is 0 Å². The molecular formula is C13H13FN2O4. The lowest BCUT2D eigenvalue weighted by molar-refractivity contribution is -0.384. The third-order valence-electron chi connectivity index (χ3n) is 2.54. The van der Waals surface area contributed by atoms with Crippen molar-refractivity contribution < 1.29 is 18.8 Å². The molecule has 0 bridgehead atoms. The zero-order chi connectivity index (χ0) is 15.1. The van der Waals surface area contributed by atoms with Gasteiger partial charge in [-0.25, -0.2) is 13.8 Å². The molecule has 0 saturated heterocycles. The van der Waals surface area contributed by atoms with E-state index in [0.29, 0.717) is 0 Å². The van der Waals surface area contributed by atoms with Crippen LogP contribution in [0.1, 0.15) is 20.8 Å². The van der Waals surface area contributed by atoms with Crippen molar-refractivity contribution in [3.05, 3.63) is 40.3 Å². The largest absolute Gasteiger partial charge is 0.443 e. The summed E-state index contributed by atoms with van der Waals surface area (Å²) in [6.45, 7) is 5.03. The van der Waals surface area contributed by atoms with Gasteiger partial charge in [0.15, 0.2) is 0 Å². The second-order valence-electron chi connectivity index (χ2n) is 5.29. The Balaban J connectivity index is 2.55. The van der Waals surface area contributed by atoms with E-state index in [1.54, 1.807) is 20.8 Å². The molecule has 0 radical (unpaired) electrons. The quantitative estimate of drug-likeness (QED) is 0.592.